The van der Waals surface area contributed by atoms with Gasteiger partial charge in [-0.05, 0) is 71.7 Å². The number of hydroxylamine groups is 2. The Morgan fingerprint density at radius 2 is 1.61 bits per heavy atom. The van der Waals surface area contributed by atoms with Crippen molar-refractivity contribution in [1.82, 2.24) is 10.1 Å². The highest BCUT2D eigenvalue weighted by molar-refractivity contribution is 6.36. The van der Waals surface area contributed by atoms with Crippen molar-refractivity contribution in [3.63, 3.8) is 0 Å². The van der Waals surface area contributed by atoms with Gasteiger partial charge in [0.05, 0.1) is 41.0 Å². The van der Waals surface area contributed by atoms with E-state index in [2.05, 4.69) is 5.43 Å². The second kappa shape index (κ2) is 11.3. The van der Waals surface area contributed by atoms with Crippen LogP contribution in [0, 0.1) is 23.7 Å². The van der Waals surface area contributed by atoms with Crippen LogP contribution < -0.4 is 10.2 Å². The summed E-state index contributed by atoms with van der Waals surface area (Å²) < 4.78 is 5.45. The third-order valence-corrected chi connectivity index (χ3v) is 11.4. The molecule has 3 fully saturated rings. The van der Waals surface area contributed by atoms with Crippen molar-refractivity contribution in [2.45, 2.75) is 24.2 Å². The summed E-state index contributed by atoms with van der Waals surface area (Å²) in [6, 6.07) is 22.2. The predicted molar refractivity (Wildman–Crippen MR) is 180 cm³/mol. The predicted octanol–water partition coefficient (Wildman–Crippen LogP) is 6.23. The highest BCUT2D eigenvalue weighted by Crippen LogP contribution is 2.64. The maximum Gasteiger partial charge on any atom is 0.260 e. The lowest BCUT2D eigenvalue weighted by molar-refractivity contribution is -0.173. The Labute approximate surface area is 290 Å². The number of fused-ring (bicyclic) bond motifs is 5. The molecule has 10 nitrogen and oxygen atoms in total. The molecule has 8 rings (SSSR count). The van der Waals surface area contributed by atoms with E-state index in [4.69, 9.17) is 27.9 Å². The highest BCUT2D eigenvalue weighted by Gasteiger charge is 2.70. The molecule has 12 heteroatoms. The van der Waals surface area contributed by atoms with E-state index in [-0.39, 0.29) is 34.4 Å². The van der Waals surface area contributed by atoms with Gasteiger partial charge in [0, 0.05) is 16.3 Å². The molecule has 4 amide bonds. The number of rotatable bonds is 5. The SMILES string of the molecule is COc1ccc([C@@]23C(=O)N(Nc4ccc(Cl)cc4Cl)C(=O)[C@@H]2C[C@@H]2C(=CC[C@@H]4C(=O)N(O)C(=O)[C@@H]42)[C@@H]3c2ccc(O)c3ccccc23)cc1. The molecule has 2 saturated heterocycles. The molecular weight excluding hydrogens is 669 g/mol. The first-order valence-electron chi connectivity index (χ1n) is 15.8. The van der Waals surface area contributed by atoms with E-state index in [1.165, 1.54) is 13.2 Å². The number of methoxy groups -OCH3 is 1. The Kier molecular flexibility index (Phi) is 7.26. The molecular formula is C37H29Cl2N3O7. The second-order valence-corrected chi connectivity index (χ2v) is 13.8. The van der Waals surface area contributed by atoms with Gasteiger partial charge in [0.25, 0.3) is 23.6 Å². The summed E-state index contributed by atoms with van der Waals surface area (Å²) in [6.45, 7) is 0. The van der Waals surface area contributed by atoms with Crippen molar-refractivity contribution in [3.05, 3.63) is 112 Å². The van der Waals surface area contributed by atoms with Crippen LogP contribution in [0.25, 0.3) is 10.8 Å². The zero-order valence-corrected chi connectivity index (χ0v) is 27.5. The number of anilines is 1. The van der Waals surface area contributed by atoms with Crippen LogP contribution in [0.2, 0.25) is 10.0 Å². The summed E-state index contributed by atoms with van der Waals surface area (Å²) in [5, 5.41) is 24.3. The van der Waals surface area contributed by atoms with Gasteiger partial charge in [0.2, 0.25) is 0 Å². The Morgan fingerprint density at radius 3 is 2.33 bits per heavy atom. The molecule has 248 valence electrons. The average Bonchev–Trinajstić information content (AvgIpc) is 3.46. The minimum atomic E-state index is -1.56. The van der Waals surface area contributed by atoms with Gasteiger partial charge >= 0.3 is 0 Å². The molecule has 0 bridgehead atoms. The van der Waals surface area contributed by atoms with Crippen molar-refractivity contribution in [2.75, 3.05) is 12.5 Å². The monoisotopic (exact) mass is 697 g/mol. The van der Waals surface area contributed by atoms with Gasteiger partial charge in [0.1, 0.15) is 11.5 Å². The van der Waals surface area contributed by atoms with E-state index in [0.717, 1.165) is 5.01 Å². The number of allylic oxidation sites excluding steroid dienone is 2. The molecule has 4 aromatic rings. The molecule has 6 atom stereocenters. The largest absolute Gasteiger partial charge is 0.507 e. The number of hydrazine groups is 1. The molecule has 0 unspecified atom stereocenters. The number of ether oxygens (including phenoxy) is 1. The van der Waals surface area contributed by atoms with Gasteiger partial charge in [-0.2, -0.15) is 10.1 Å². The Bertz CT molecular complexity index is 2140. The zero-order valence-electron chi connectivity index (χ0n) is 26.0. The summed E-state index contributed by atoms with van der Waals surface area (Å²) in [6.07, 6.45) is 2.11. The fourth-order valence-corrected chi connectivity index (χ4v) is 9.18. The number of carbonyl (C=O) groups is 4. The first kappa shape index (κ1) is 31.4. The topological polar surface area (TPSA) is 136 Å². The Balaban J connectivity index is 1.41. The maximum absolute atomic E-state index is 15.4. The van der Waals surface area contributed by atoms with E-state index in [9.17, 15) is 24.7 Å². The van der Waals surface area contributed by atoms with Crippen molar-refractivity contribution in [1.29, 1.82) is 0 Å². The lowest BCUT2D eigenvalue weighted by Crippen LogP contribution is -2.53. The van der Waals surface area contributed by atoms with Crippen LogP contribution >= 0.6 is 23.2 Å². The third-order valence-electron chi connectivity index (χ3n) is 10.8. The number of nitrogens with one attached hydrogen (secondary N) is 1. The Hall–Kier alpha value is -4.90. The second-order valence-electron chi connectivity index (χ2n) is 12.9. The third kappa shape index (κ3) is 4.37. The molecule has 4 aromatic carbocycles. The number of nitrogens with zero attached hydrogens (tertiary/aromatic N) is 2. The van der Waals surface area contributed by atoms with Crippen LogP contribution in [0.3, 0.4) is 0 Å². The summed E-state index contributed by atoms with van der Waals surface area (Å²) in [4.78, 5) is 56.7. The number of hydrogen-bond acceptors (Lipinski definition) is 8. The lowest BCUT2D eigenvalue weighted by Gasteiger charge is -2.50. The minimum absolute atomic E-state index is 0.0430. The van der Waals surface area contributed by atoms with Crippen molar-refractivity contribution in [2.24, 2.45) is 23.7 Å². The molecule has 0 spiro atoms. The average molecular weight is 699 g/mol. The summed E-state index contributed by atoms with van der Waals surface area (Å²) in [5.74, 6) is -6.14. The number of carbonyl (C=O) groups excluding carboxylic acids is 4. The molecule has 0 aromatic heterocycles. The molecule has 2 heterocycles. The van der Waals surface area contributed by atoms with Crippen LogP contribution in [-0.4, -0.2) is 51.1 Å². The van der Waals surface area contributed by atoms with Crippen LogP contribution in [0.15, 0.2) is 90.5 Å². The van der Waals surface area contributed by atoms with E-state index in [0.29, 0.717) is 38.2 Å². The maximum atomic E-state index is 15.4. The van der Waals surface area contributed by atoms with Gasteiger partial charge in [-0.3, -0.25) is 29.8 Å². The Morgan fingerprint density at radius 1 is 0.878 bits per heavy atom. The first-order chi connectivity index (χ1) is 23.6. The van der Waals surface area contributed by atoms with E-state index in [1.54, 1.807) is 60.7 Å². The van der Waals surface area contributed by atoms with E-state index < -0.39 is 58.6 Å². The smallest absolute Gasteiger partial charge is 0.260 e. The van der Waals surface area contributed by atoms with Crippen LogP contribution in [0.5, 0.6) is 11.5 Å². The normalized spacial score (nSPS) is 27.6. The molecule has 2 aliphatic carbocycles. The van der Waals surface area contributed by atoms with Crippen molar-refractivity contribution >= 4 is 63.3 Å². The minimum Gasteiger partial charge on any atom is -0.507 e. The number of amides is 4. The molecule has 3 N–H and O–H groups in total. The van der Waals surface area contributed by atoms with Gasteiger partial charge < -0.3 is 9.84 Å². The number of hydrogen-bond donors (Lipinski definition) is 3. The molecule has 1 saturated carbocycles. The quantitative estimate of drug-likeness (QED) is 0.127. The van der Waals surface area contributed by atoms with Gasteiger partial charge in [-0.25, -0.2) is 0 Å². The standard InChI is InChI=1S/C37H29Cl2N3O7/c1-49-20-9-6-18(7-10-20)37-27(34(45)41(36(37)47)40-29-14-8-19(38)16-28(29)39)17-26-24(11-12-25-31(26)35(46)42(48)33(25)44)32(37)23-13-15-30(43)22-5-3-2-4-21(22)23/h2-11,13-16,25-27,31-32,40,43,48H,12,17H2,1H3/t25-,26+,27-,31-,32-,37+/m0/s1. The fourth-order valence-electron chi connectivity index (χ4n) is 8.73. The first-order valence-corrected chi connectivity index (χ1v) is 16.5. The number of phenols is 1. The number of phenolic OH excluding ortho intramolecular Hbond substituents is 1. The van der Waals surface area contributed by atoms with Crippen LogP contribution in [0.4, 0.5) is 5.69 Å². The summed E-state index contributed by atoms with van der Waals surface area (Å²) in [5.41, 5.74) is 3.61. The number of imide groups is 2. The number of halogens is 2. The zero-order chi connectivity index (χ0) is 34.4. The summed E-state index contributed by atoms with van der Waals surface area (Å²) >= 11 is 12.7. The lowest BCUT2D eigenvalue weighted by atomic mass is 9.49. The molecule has 0 radical (unpaired) electrons. The molecule has 49 heavy (non-hydrogen) atoms. The van der Waals surface area contributed by atoms with Crippen LogP contribution in [0.1, 0.15) is 29.9 Å². The van der Waals surface area contributed by atoms with E-state index in [1.807, 2.05) is 18.2 Å². The number of benzene rings is 4. The van der Waals surface area contributed by atoms with Gasteiger partial charge in [-0.1, -0.05) is 77.3 Å². The molecule has 2 aliphatic heterocycles. The summed E-state index contributed by atoms with van der Waals surface area (Å²) in [7, 11) is 1.53. The molecule has 4 aliphatic rings. The van der Waals surface area contributed by atoms with Crippen LogP contribution in [-0.2, 0) is 24.6 Å². The number of aromatic hydroxyl groups is 1. The van der Waals surface area contributed by atoms with E-state index >= 15 is 4.79 Å². The van der Waals surface area contributed by atoms with Gasteiger partial charge in [-0.15, -0.1) is 0 Å². The van der Waals surface area contributed by atoms with Crippen molar-refractivity contribution in [3.8, 4) is 11.5 Å². The van der Waals surface area contributed by atoms with Gasteiger partial charge in [0.15, 0.2) is 0 Å². The highest BCUT2D eigenvalue weighted by atomic mass is 35.5. The fraction of sp³-hybridized carbons (Fsp3) is 0.243. The van der Waals surface area contributed by atoms with Crippen molar-refractivity contribution < 1.29 is 34.2 Å².